The van der Waals surface area contributed by atoms with E-state index < -0.39 is 0 Å². The van der Waals surface area contributed by atoms with Gasteiger partial charge < -0.3 is 10.2 Å². The Morgan fingerprint density at radius 2 is 2.42 bits per heavy atom. The molecule has 1 heterocycles. The van der Waals surface area contributed by atoms with Crippen LogP contribution in [0.4, 0.5) is 0 Å². The van der Waals surface area contributed by atoms with Crippen molar-refractivity contribution in [2.24, 2.45) is 0 Å². The highest BCUT2D eigenvalue weighted by Crippen LogP contribution is 2.13. The second-order valence-corrected chi connectivity index (χ2v) is 3.43. The van der Waals surface area contributed by atoms with Crippen LogP contribution in [-0.4, -0.2) is 29.1 Å². The molecule has 1 saturated heterocycles. The molecule has 2 rings (SSSR count). The molecule has 2 aliphatic rings. The summed E-state index contributed by atoms with van der Waals surface area (Å²) in [4.78, 5) is 2.25. The molecule has 12 heavy (non-hydrogen) atoms. The van der Waals surface area contributed by atoms with E-state index >= 15 is 0 Å². The normalized spacial score (nSPS) is 27.8. The summed E-state index contributed by atoms with van der Waals surface area (Å²) < 4.78 is 0. The van der Waals surface area contributed by atoms with Crippen LogP contribution in [0.5, 0.6) is 0 Å². The highest BCUT2D eigenvalue weighted by Gasteiger charge is 2.22. The molecule has 0 amide bonds. The molecule has 1 aliphatic carbocycles. The number of hydrogen-bond donors (Lipinski definition) is 1. The molecule has 1 unspecified atom stereocenters. The van der Waals surface area contributed by atoms with Crippen LogP contribution >= 0.6 is 12.2 Å². The largest absolute Gasteiger partial charge is 0.361 e. The third-order valence-electron chi connectivity index (χ3n) is 2.25. The lowest BCUT2D eigenvalue weighted by Gasteiger charge is -2.25. The molecule has 0 aromatic carbocycles. The zero-order valence-electron chi connectivity index (χ0n) is 6.86. The lowest BCUT2D eigenvalue weighted by molar-refractivity contribution is 0.398. The lowest BCUT2D eigenvalue weighted by Crippen LogP contribution is -2.36. The molecule has 1 N–H and O–H groups in total. The predicted octanol–water partition coefficient (Wildman–Crippen LogP) is 1.06. The Hall–Kier alpha value is -0.830. The molecule has 1 fully saturated rings. The van der Waals surface area contributed by atoms with Gasteiger partial charge in [-0.2, -0.15) is 0 Å². The van der Waals surface area contributed by atoms with Gasteiger partial charge in [0.15, 0.2) is 5.11 Å². The van der Waals surface area contributed by atoms with E-state index in [0.717, 1.165) is 24.6 Å². The Morgan fingerprint density at radius 3 is 3.00 bits per heavy atom. The first kappa shape index (κ1) is 7.80. The van der Waals surface area contributed by atoms with Crippen molar-refractivity contribution in [2.45, 2.75) is 12.5 Å². The molecule has 2 nitrogen and oxygen atoms in total. The van der Waals surface area contributed by atoms with E-state index in [1.54, 1.807) is 0 Å². The molecule has 64 valence electrons. The van der Waals surface area contributed by atoms with E-state index in [-0.39, 0.29) is 0 Å². The summed E-state index contributed by atoms with van der Waals surface area (Å²) in [5, 5.41) is 4.07. The van der Waals surface area contributed by atoms with E-state index in [2.05, 4.69) is 34.5 Å². The number of nitrogens with zero attached hydrogens (tertiary/aromatic N) is 1. The molecule has 1 atom stereocenters. The molecule has 0 spiro atoms. The van der Waals surface area contributed by atoms with Gasteiger partial charge in [0.25, 0.3) is 0 Å². The summed E-state index contributed by atoms with van der Waals surface area (Å²) >= 11 is 5.18. The van der Waals surface area contributed by atoms with Gasteiger partial charge in [-0.05, 0) is 18.6 Å². The van der Waals surface area contributed by atoms with Crippen molar-refractivity contribution in [1.29, 1.82) is 0 Å². The number of nitrogens with one attached hydrogen (secondary N) is 1. The first-order chi connectivity index (χ1) is 5.88. The Morgan fingerprint density at radius 1 is 1.50 bits per heavy atom. The van der Waals surface area contributed by atoms with Crippen molar-refractivity contribution in [1.82, 2.24) is 10.2 Å². The van der Waals surface area contributed by atoms with Crippen molar-refractivity contribution >= 4 is 17.3 Å². The van der Waals surface area contributed by atoms with E-state index in [4.69, 9.17) is 12.2 Å². The number of hydrogen-bond acceptors (Lipinski definition) is 1. The van der Waals surface area contributed by atoms with Crippen molar-refractivity contribution in [3.8, 4) is 0 Å². The second-order valence-electron chi connectivity index (χ2n) is 3.04. The number of rotatable bonds is 1. The summed E-state index contributed by atoms with van der Waals surface area (Å²) in [6, 6.07) is 0.484. The zero-order valence-corrected chi connectivity index (χ0v) is 7.68. The lowest BCUT2D eigenvalue weighted by atomic mass is 10.1. The third kappa shape index (κ3) is 1.37. The van der Waals surface area contributed by atoms with Crippen LogP contribution in [0.15, 0.2) is 24.3 Å². The zero-order chi connectivity index (χ0) is 8.39. The van der Waals surface area contributed by atoms with Gasteiger partial charge in [0.05, 0.1) is 6.04 Å². The first-order valence-corrected chi connectivity index (χ1v) is 4.66. The molecular weight excluding hydrogens is 168 g/mol. The van der Waals surface area contributed by atoms with Gasteiger partial charge in [0.1, 0.15) is 0 Å². The van der Waals surface area contributed by atoms with Gasteiger partial charge in [0, 0.05) is 13.1 Å². The minimum Gasteiger partial charge on any atom is -0.361 e. The van der Waals surface area contributed by atoms with Gasteiger partial charge in [-0.3, -0.25) is 0 Å². The molecule has 1 aliphatic heterocycles. The summed E-state index contributed by atoms with van der Waals surface area (Å²) in [5.41, 5.74) is 0. The maximum atomic E-state index is 5.18. The molecule has 0 bridgehead atoms. The predicted molar refractivity (Wildman–Crippen MR) is 54.0 cm³/mol. The van der Waals surface area contributed by atoms with Gasteiger partial charge in [0.2, 0.25) is 0 Å². The quantitative estimate of drug-likeness (QED) is 0.607. The average Bonchev–Trinajstić information content (AvgIpc) is 2.53. The van der Waals surface area contributed by atoms with Crippen LogP contribution < -0.4 is 5.32 Å². The van der Waals surface area contributed by atoms with Crippen LogP contribution in [0.3, 0.4) is 0 Å². The minimum atomic E-state index is 0.484. The number of allylic oxidation sites excluding steroid dienone is 2. The maximum absolute atomic E-state index is 5.18. The SMILES string of the molecule is S=C1NCCN1C1C=CC=CC1. The van der Waals surface area contributed by atoms with Gasteiger partial charge in [-0.25, -0.2) is 0 Å². The van der Waals surface area contributed by atoms with Gasteiger partial charge in [-0.15, -0.1) is 0 Å². The standard InChI is InChI=1S/C9H12N2S/c12-9-10-6-7-11(9)8-4-2-1-3-5-8/h1-4,8H,5-7H2,(H,10,12). The average molecular weight is 180 g/mol. The van der Waals surface area contributed by atoms with Crippen molar-refractivity contribution in [3.63, 3.8) is 0 Å². The molecular formula is C9H12N2S. The summed E-state index contributed by atoms with van der Waals surface area (Å²) in [5.74, 6) is 0. The summed E-state index contributed by atoms with van der Waals surface area (Å²) in [7, 11) is 0. The van der Waals surface area contributed by atoms with E-state index in [0.29, 0.717) is 6.04 Å². The fourth-order valence-electron chi connectivity index (χ4n) is 1.60. The highest BCUT2D eigenvalue weighted by atomic mass is 32.1. The van der Waals surface area contributed by atoms with Crippen molar-refractivity contribution in [3.05, 3.63) is 24.3 Å². The smallest absolute Gasteiger partial charge is 0.169 e. The molecule has 0 radical (unpaired) electrons. The topological polar surface area (TPSA) is 15.3 Å². The Labute approximate surface area is 77.9 Å². The number of thiocarbonyl (C=S) groups is 1. The summed E-state index contributed by atoms with van der Waals surface area (Å²) in [6.07, 6.45) is 9.65. The van der Waals surface area contributed by atoms with Gasteiger partial charge in [-0.1, -0.05) is 24.3 Å². The van der Waals surface area contributed by atoms with Crippen molar-refractivity contribution < 1.29 is 0 Å². The Balaban J connectivity index is 2.04. The van der Waals surface area contributed by atoms with Crippen molar-refractivity contribution in [2.75, 3.05) is 13.1 Å². The summed E-state index contributed by atoms with van der Waals surface area (Å²) in [6.45, 7) is 2.04. The van der Waals surface area contributed by atoms with E-state index in [1.165, 1.54) is 0 Å². The Kier molecular flexibility index (Phi) is 2.13. The van der Waals surface area contributed by atoms with Crippen LogP contribution in [0.2, 0.25) is 0 Å². The Bertz CT molecular complexity index is 245. The van der Waals surface area contributed by atoms with E-state index in [9.17, 15) is 0 Å². The van der Waals surface area contributed by atoms with Gasteiger partial charge >= 0.3 is 0 Å². The molecule has 0 aromatic heterocycles. The molecule has 0 aromatic rings. The monoisotopic (exact) mass is 180 g/mol. The van der Waals surface area contributed by atoms with Crippen LogP contribution in [0.1, 0.15) is 6.42 Å². The van der Waals surface area contributed by atoms with Crippen LogP contribution in [-0.2, 0) is 0 Å². The molecule has 3 heteroatoms. The third-order valence-corrected chi connectivity index (χ3v) is 2.63. The van der Waals surface area contributed by atoms with Crippen LogP contribution in [0.25, 0.3) is 0 Å². The minimum absolute atomic E-state index is 0.484. The fraction of sp³-hybridized carbons (Fsp3) is 0.444. The van der Waals surface area contributed by atoms with E-state index in [1.807, 2.05) is 0 Å². The fourth-order valence-corrected chi connectivity index (χ4v) is 1.93. The van der Waals surface area contributed by atoms with Crippen LogP contribution in [0, 0.1) is 0 Å². The second kappa shape index (κ2) is 3.27. The highest BCUT2D eigenvalue weighted by molar-refractivity contribution is 7.80. The maximum Gasteiger partial charge on any atom is 0.169 e. The first-order valence-electron chi connectivity index (χ1n) is 4.26. The molecule has 0 saturated carbocycles.